The van der Waals surface area contributed by atoms with Crippen LogP contribution >= 0.6 is 0 Å². The van der Waals surface area contributed by atoms with Gasteiger partial charge in [0.1, 0.15) is 5.75 Å². The maximum atomic E-state index is 12.5. The largest absolute Gasteiger partial charge is 0.496 e. The number of nitrogen functional groups attached to an aromatic ring is 1. The van der Waals surface area contributed by atoms with E-state index in [9.17, 15) is 4.79 Å². The molecule has 0 spiro atoms. The molecule has 0 aromatic heterocycles. The molecule has 18 heavy (non-hydrogen) atoms. The number of rotatable bonds is 5. The Kier molecular flexibility index (Phi) is 4.77. The fraction of sp³-hybridized carbons (Fsp3) is 0.357. The smallest absolute Gasteiger partial charge is 0.258 e. The fourth-order valence-corrected chi connectivity index (χ4v) is 1.71. The van der Waals surface area contributed by atoms with E-state index in [0.29, 0.717) is 23.5 Å². The van der Waals surface area contributed by atoms with Gasteiger partial charge in [-0.2, -0.15) is 0 Å². The monoisotopic (exact) mass is 248 g/mol. The summed E-state index contributed by atoms with van der Waals surface area (Å²) in [6.45, 7) is 8.08. The number of nitrogens with two attached hydrogens (primary N) is 1. The highest BCUT2D eigenvalue weighted by atomic mass is 16.5. The number of benzene rings is 1. The molecule has 98 valence electrons. The third-order valence-corrected chi connectivity index (χ3v) is 2.66. The highest BCUT2D eigenvalue weighted by Crippen LogP contribution is 2.23. The van der Waals surface area contributed by atoms with Crippen molar-refractivity contribution in [2.45, 2.75) is 19.9 Å². The van der Waals surface area contributed by atoms with Gasteiger partial charge in [0.25, 0.3) is 5.91 Å². The first-order chi connectivity index (χ1) is 8.51. The highest BCUT2D eigenvalue weighted by molar-refractivity contribution is 5.98. The van der Waals surface area contributed by atoms with E-state index in [4.69, 9.17) is 10.5 Å². The lowest BCUT2D eigenvalue weighted by molar-refractivity contribution is 0.0725. The summed E-state index contributed by atoms with van der Waals surface area (Å²) in [5.74, 6) is 0.429. The van der Waals surface area contributed by atoms with Gasteiger partial charge >= 0.3 is 0 Å². The molecule has 1 aromatic carbocycles. The van der Waals surface area contributed by atoms with Gasteiger partial charge < -0.3 is 15.4 Å². The molecule has 0 heterocycles. The van der Waals surface area contributed by atoms with Gasteiger partial charge in [-0.15, -0.1) is 6.58 Å². The molecule has 0 aliphatic carbocycles. The molecular formula is C14H20N2O2. The van der Waals surface area contributed by atoms with Crippen LogP contribution in [-0.2, 0) is 0 Å². The molecule has 0 radical (unpaired) electrons. The van der Waals surface area contributed by atoms with Gasteiger partial charge in [-0.25, -0.2) is 0 Å². The highest BCUT2D eigenvalue weighted by Gasteiger charge is 2.21. The van der Waals surface area contributed by atoms with Crippen molar-refractivity contribution < 1.29 is 9.53 Å². The van der Waals surface area contributed by atoms with E-state index >= 15 is 0 Å². The van der Waals surface area contributed by atoms with Crippen molar-refractivity contribution >= 4 is 11.6 Å². The molecule has 2 N–H and O–H groups in total. The van der Waals surface area contributed by atoms with E-state index in [1.54, 1.807) is 29.2 Å². The van der Waals surface area contributed by atoms with Gasteiger partial charge in [0.2, 0.25) is 0 Å². The predicted octanol–water partition coefficient (Wildman–Crippen LogP) is 2.31. The van der Waals surface area contributed by atoms with Crippen molar-refractivity contribution in [1.82, 2.24) is 4.90 Å². The molecule has 1 rings (SSSR count). The summed E-state index contributed by atoms with van der Waals surface area (Å²) in [4.78, 5) is 14.2. The van der Waals surface area contributed by atoms with E-state index in [1.165, 1.54) is 7.11 Å². The molecule has 0 fully saturated rings. The van der Waals surface area contributed by atoms with Crippen LogP contribution in [-0.4, -0.2) is 30.5 Å². The normalized spacial score (nSPS) is 10.2. The lowest BCUT2D eigenvalue weighted by Gasteiger charge is -2.26. The first-order valence-corrected chi connectivity index (χ1v) is 5.86. The second-order valence-corrected chi connectivity index (χ2v) is 4.30. The predicted molar refractivity (Wildman–Crippen MR) is 73.8 cm³/mol. The topological polar surface area (TPSA) is 55.6 Å². The Morgan fingerprint density at radius 2 is 2.22 bits per heavy atom. The van der Waals surface area contributed by atoms with E-state index in [1.807, 2.05) is 13.8 Å². The van der Waals surface area contributed by atoms with Gasteiger partial charge in [0.15, 0.2) is 0 Å². The van der Waals surface area contributed by atoms with E-state index in [0.717, 1.165) is 0 Å². The Labute approximate surface area is 108 Å². The lowest BCUT2D eigenvalue weighted by Crippen LogP contribution is -2.37. The molecule has 0 atom stereocenters. The summed E-state index contributed by atoms with van der Waals surface area (Å²) in [5, 5.41) is 0. The molecule has 0 bridgehead atoms. The Hall–Kier alpha value is -1.97. The van der Waals surface area contributed by atoms with Crippen molar-refractivity contribution in [3.63, 3.8) is 0 Å². The minimum absolute atomic E-state index is 0.0848. The van der Waals surface area contributed by atoms with Crippen molar-refractivity contribution in [1.29, 1.82) is 0 Å². The van der Waals surface area contributed by atoms with Crippen molar-refractivity contribution in [3.05, 3.63) is 36.4 Å². The van der Waals surface area contributed by atoms with Crippen molar-refractivity contribution in [2.24, 2.45) is 0 Å². The Bertz CT molecular complexity index is 441. The number of hydrogen-bond donors (Lipinski definition) is 1. The molecule has 0 aliphatic rings. The summed E-state index contributed by atoms with van der Waals surface area (Å²) < 4.78 is 5.20. The maximum Gasteiger partial charge on any atom is 0.258 e. The van der Waals surface area contributed by atoms with Crippen LogP contribution in [0.4, 0.5) is 5.69 Å². The van der Waals surface area contributed by atoms with Crippen LogP contribution in [0, 0.1) is 0 Å². The molecule has 1 amide bonds. The average molecular weight is 248 g/mol. The summed E-state index contributed by atoms with van der Waals surface area (Å²) in [5.41, 5.74) is 6.75. The molecule has 0 aliphatic heterocycles. The van der Waals surface area contributed by atoms with Gasteiger partial charge in [-0.05, 0) is 32.0 Å². The Balaban J connectivity index is 3.14. The standard InChI is InChI=1S/C14H20N2O2/c1-5-8-16(10(2)3)14(17)12-9-11(15)6-7-13(12)18-4/h5-7,9-10H,1,8,15H2,2-4H3. The zero-order valence-corrected chi connectivity index (χ0v) is 11.1. The second kappa shape index (κ2) is 6.10. The SMILES string of the molecule is C=CCN(C(=O)c1cc(N)ccc1OC)C(C)C. The molecule has 0 saturated carbocycles. The van der Waals surface area contributed by atoms with Crippen molar-refractivity contribution in [3.8, 4) is 5.75 Å². The van der Waals surface area contributed by atoms with Gasteiger partial charge in [0.05, 0.1) is 12.7 Å². The first-order valence-electron chi connectivity index (χ1n) is 5.86. The van der Waals surface area contributed by atoms with Gasteiger partial charge in [-0.3, -0.25) is 4.79 Å². The van der Waals surface area contributed by atoms with Crippen LogP contribution in [0.5, 0.6) is 5.75 Å². The summed E-state index contributed by atoms with van der Waals surface area (Å²) in [6.07, 6.45) is 1.71. The number of carbonyl (C=O) groups is 1. The van der Waals surface area contributed by atoms with Gasteiger partial charge in [0, 0.05) is 18.3 Å². The quantitative estimate of drug-likeness (QED) is 0.642. The zero-order chi connectivity index (χ0) is 13.7. The average Bonchev–Trinajstić information content (AvgIpc) is 2.34. The lowest BCUT2D eigenvalue weighted by atomic mass is 10.1. The van der Waals surface area contributed by atoms with Crippen LogP contribution in [0.2, 0.25) is 0 Å². The summed E-state index contributed by atoms with van der Waals surface area (Å²) in [6, 6.07) is 5.14. The first kappa shape index (κ1) is 14.1. The third-order valence-electron chi connectivity index (χ3n) is 2.66. The number of ether oxygens (including phenoxy) is 1. The number of nitrogens with zero attached hydrogens (tertiary/aromatic N) is 1. The van der Waals surface area contributed by atoms with Crippen LogP contribution in [0.15, 0.2) is 30.9 Å². The Morgan fingerprint density at radius 1 is 1.56 bits per heavy atom. The summed E-state index contributed by atoms with van der Waals surface area (Å²) >= 11 is 0. The second-order valence-electron chi connectivity index (χ2n) is 4.30. The van der Waals surface area contributed by atoms with Gasteiger partial charge in [-0.1, -0.05) is 6.08 Å². The van der Waals surface area contributed by atoms with E-state index in [2.05, 4.69) is 6.58 Å². The van der Waals surface area contributed by atoms with Crippen LogP contribution in [0.25, 0.3) is 0 Å². The number of amides is 1. The number of carbonyl (C=O) groups excluding carboxylic acids is 1. The minimum Gasteiger partial charge on any atom is -0.496 e. The van der Waals surface area contributed by atoms with Crippen LogP contribution < -0.4 is 10.5 Å². The molecule has 4 heteroatoms. The molecule has 0 unspecified atom stereocenters. The van der Waals surface area contributed by atoms with Crippen LogP contribution in [0.1, 0.15) is 24.2 Å². The Morgan fingerprint density at radius 3 is 2.72 bits per heavy atom. The van der Waals surface area contributed by atoms with E-state index < -0.39 is 0 Å². The third kappa shape index (κ3) is 3.03. The fourth-order valence-electron chi connectivity index (χ4n) is 1.71. The maximum absolute atomic E-state index is 12.5. The van der Waals surface area contributed by atoms with Crippen molar-refractivity contribution in [2.75, 3.05) is 19.4 Å². The summed E-state index contributed by atoms with van der Waals surface area (Å²) in [7, 11) is 1.54. The number of hydrogen-bond acceptors (Lipinski definition) is 3. The minimum atomic E-state index is -0.103. The van der Waals surface area contributed by atoms with E-state index in [-0.39, 0.29) is 11.9 Å². The number of anilines is 1. The number of methoxy groups -OCH3 is 1. The van der Waals surface area contributed by atoms with Crippen LogP contribution in [0.3, 0.4) is 0 Å². The molecular weight excluding hydrogens is 228 g/mol. The molecule has 0 saturated heterocycles. The molecule has 1 aromatic rings. The molecule has 4 nitrogen and oxygen atoms in total. The zero-order valence-electron chi connectivity index (χ0n) is 11.1.